The Morgan fingerprint density at radius 2 is 2.30 bits per heavy atom. The van der Waals surface area contributed by atoms with Gasteiger partial charge in [-0.25, -0.2) is 0 Å². The van der Waals surface area contributed by atoms with Crippen molar-refractivity contribution in [2.24, 2.45) is 17.3 Å². The Morgan fingerprint density at radius 3 is 2.90 bits per heavy atom. The molecule has 0 spiro atoms. The van der Waals surface area contributed by atoms with Crippen LogP contribution in [0.3, 0.4) is 0 Å². The lowest BCUT2D eigenvalue weighted by atomic mass is 9.67. The van der Waals surface area contributed by atoms with Crippen LogP contribution in [0.2, 0.25) is 0 Å². The van der Waals surface area contributed by atoms with Gasteiger partial charge in [0.2, 0.25) is 0 Å². The molecule has 3 rings (SSSR count). The highest BCUT2D eigenvalue weighted by molar-refractivity contribution is 6.18. The van der Waals surface area contributed by atoms with Gasteiger partial charge in [0, 0.05) is 18.2 Å². The van der Waals surface area contributed by atoms with Crippen LogP contribution < -0.4 is 0 Å². The molecule has 1 N–H and O–H groups in total. The number of carbonyl (C=O) groups excluding carboxylic acids is 2. The van der Waals surface area contributed by atoms with Gasteiger partial charge in [-0.2, -0.15) is 0 Å². The molecule has 4 nitrogen and oxygen atoms in total. The summed E-state index contributed by atoms with van der Waals surface area (Å²) in [6.45, 7) is 0. The smallest absolute Gasteiger partial charge is 0.319 e. The number of aliphatic hydroxyl groups is 1. The lowest BCUT2D eigenvalue weighted by Crippen LogP contribution is -2.63. The molecule has 5 heteroatoms. The minimum Gasteiger partial charge on any atom is -0.460 e. The number of hydrogen-bond acceptors (Lipinski definition) is 4. The number of aliphatic hydroxyl groups excluding tert-OH is 1. The van der Waals surface area contributed by atoms with Crippen molar-refractivity contribution >= 4 is 23.4 Å². The van der Waals surface area contributed by atoms with Gasteiger partial charge >= 0.3 is 5.97 Å². The topological polar surface area (TPSA) is 63.6 Å². The second kappa shape index (κ2) is 5.15. The minimum atomic E-state index is -1.01. The molecular formula is C15H19ClO4. The number of rotatable bonds is 4. The first-order chi connectivity index (χ1) is 9.61. The van der Waals surface area contributed by atoms with E-state index in [-0.39, 0.29) is 24.0 Å². The van der Waals surface area contributed by atoms with E-state index >= 15 is 0 Å². The zero-order valence-electron chi connectivity index (χ0n) is 11.3. The largest absolute Gasteiger partial charge is 0.460 e. The Morgan fingerprint density at radius 1 is 1.50 bits per heavy atom. The monoisotopic (exact) mass is 298 g/mol. The van der Waals surface area contributed by atoms with Crippen LogP contribution in [0.5, 0.6) is 0 Å². The van der Waals surface area contributed by atoms with E-state index < -0.39 is 23.6 Å². The summed E-state index contributed by atoms with van der Waals surface area (Å²) in [4.78, 5) is 24.2. The van der Waals surface area contributed by atoms with E-state index in [0.29, 0.717) is 12.3 Å². The molecule has 3 aliphatic rings. The first-order valence-electron chi connectivity index (χ1n) is 7.25. The third-order valence-electron chi connectivity index (χ3n) is 5.01. The van der Waals surface area contributed by atoms with Crippen LogP contribution in [0.15, 0.2) is 12.2 Å². The number of halogens is 1. The lowest BCUT2D eigenvalue weighted by Gasteiger charge is -2.48. The molecule has 0 bridgehead atoms. The molecule has 1 saturated carbocycles. The normalized spacial score (nSPS) is 41.0. The minimum absolute atomic E-state index is 0.000314. The number of allylic oxidation sites excluding steroid dienone is 1. The number of alkyl halides is 1. The summed E-state index contributed by atoms with van der Waals surface area (Å²) in [6.07, 6.45) is 6.20. The molecular weight excluding hydrogens is 280 g/mol. The maximum atomic E-state index is 12.1. The average molecular weight is 299 g/mol. The zero-order valence-corrected chi connectivity index (χ0v) is 12.0. The summed E-state index contributed by atoms with van der Waals surface area (Å²) < 4.78 is 5.21. The molecule has 1 aliphatic heterocycles. The molecule has 20 heavy (non-hydrogen) atoms. The van der Waals surface area contributed by atoms with Crippen LogP contribution in [0, 0.1) is 17.3 Å². The van der Waals surface area contributed by atoms with Crippen LogP contribution in [0.1, 0.15) is 32.1 Å². The number of fused-ring (bicyclic) bond motifs is 1. The van der Waals surface area contributed by atoms with Crippen molar-refractivity contribution in [2.75, 3.05) is 5.88 Å². The third-order valence-corrected chi connectivity index (χ3v) is 5.23. The van der Waals surface area contributed by atoms with Gasteiger partial charge in [0.1, 0.15) is 17.3 Å². The fraction of sp³-hybridized carbons (Fsp3) is 0.733. The summed E-state index contributed by atoms with van der Waals surface area (Å²) in [5, 5.41) is 10.7. The third kappa shape index (κ3) is 1.85. The van der Waals surface area contributed by atoms with Gasteiger partial charge in [-0.15, -0.1) is 11.6 Å². The van der Waals surface area contributed by atoms with E-state index in [1.54, 1.807) is 0 Å². The molecule has 2 fully saturated rings. The van der Waals surface area contributed by atoms with Crippen molar-refractivity contribution in [1.29, 1.82) is 0 Å². The van der Waals surface area contributed by atoms with Gasteiger partial charge in [0.05, 0.1) is 12.0 Å². The standard InChI is InChI=1S/C15H19ClO4/c16-7-6-10-11(17)8-15(13(10)20-14(15)19)12(18)9-4-2-1-3-5-9/h2,4,9-10,12-13,18H,1,3,5-8H2/t9?,10-,12-,13?,15?/m0/s1. The average Bonchev–Trinajstić information content (AvgIpc) is 2.69. The molecule has 0 aromatic heterocycles. The van der Waals surface area contributed by atoms with E-state index in [1.807, 2.05) is 12.2 Å². The Kier molecular flexibility index (Phi) is 3.63. The second-order valence-corrected chi connectivity index (χ2v) is 6.44. The quantitative estimate of drug-likeness (QED) is 0.489. The van der Waals surface area contributed by atoms with Crippen LogP contribution in [0.4, 0.5) is 0 Å². The van der Waals surface area contributed by atoms with Crippen LogP contribution in [0.25, 0.3) is 0 Å². The predicted octanol–water partition coefficient (Wildman–Crippen LogP) is 1.83. The second-order valence-electron chi connectivity index (χ2n) is 6.06. The number of esters is 1. The van der Waals surface area contributed by atoms with E-state index in [4.69, 9.17) is 16.3 Å². The molecule has 1 saturated heterocycles. The zero-order chi connectivity index (χ0) is 14.3. The maximum Gasteiger partial charge on any atom is 0.319 e. The van der Waals surface area contributed by atoms with Crippen LogP contribution >= 0.6 is 11.6 Å². The van der Waals surface area contributed by atoms with Crippen LogP contribution in [-0.2, 0) is 14.3 Å². The summed E-state index contributed by atoms with van der Waals surface area (Å²) in [5.41, 5.74) is -1.01. The van der Waals surface area contributed by atoms with E-state index in [0.717, 1.165) is 19.3 Å². The highest BCUT2D eigenvalue weighted by atomic mass is 35.5. The highest BCUT2D eigenvalue weighted by Crippen LogP contribution is 2.55. The van der Waals surface area contributed by atoms with Crippen molar-refractivity contribution in [2.45, 2.75) is 44.3 Å². The Bertz CT molecular complexity index is 461. The number of ketones is 1. The molecule has 110 valence electrons. The SMILES string of the molecule is O=C1CC2([C@@H](O)C3C=CCCC3)C(=O)OC2[C@H]1CCCl. The Labute approximate surface area is 123 Å². The molecule has 3 unspecified atom stereocenters. The number of Topliss-reactive ketones (excluding diaryl/α,β-unsaturated/α-hetero) is 1. The summed E-state index contributed by atoms with van der Waals surface area (Å²) in [6, 6.07) is 0. The maximum absolute atomic E-state index is 12.1. The first-order valence-corrected chi connectivity index (χ1v) is 7.79. The van der Waals surface area contributed by atoms with Gasteiger partial charge in [0.15, 0.2) is 0 Å². The lowest BCUT2D eigenvalue weighted by molar-refractivity contribution is -0.227. The molecule has 2 aliphatic carbocycles. The fourth-order valence-electron chi connectivity index (χ4n) is 3.90. The molecule has 1 heterocycles. The number of ether oxygens (including phenoxy) is 1. The predicted molar refractivity (Wildman–Crippen MR) is 73.3 cm³/mol. The van der Waals surface area contributed by atoms with Gasteiger partial charge < -0.3 is 9.84 Å². The number of hydrogen-bond donors (Lipinski definition) is 1. The van der Waals surface area contributed by atoms with Gasteiger partial charge in [-0.3, -0.25) is 9.59 Å². The summed E-state index contributed by atoms with van der Waals surface area (Å²) in [5.74, 6) is -0.450. The molecule has 5 atom stereocenters. The van der Waals surface area contributed by atoms with Crippen molar-refractivity contribution in [1.82, 2.24) is 0 Å². The Hall–Kier alpha value is -0.870. The number of carbonyl (C=O) groups is 2. The van der Waals surface area contributed by atoms with Crippen molar-refractivity contribution in [3.05, 3.63) is 12.2 Å². The van der Waals surface area contributed by atoms with Crippen LogP contribution in [-0.4, -0.2) is 34.9 Å². The van der Waals surface area contributed by atoms with Crippen molar-refractivity contribution in [3.63, 3.8) is 0 Å². The molecule has 0 aromatic rings. The molecule has 0 radical (unpaired) electrons. The van der Waals surface area contributed by atoms with E-state index in [9.17, 15) is 14.7 Å². The van der Waals surface area contributed by atoms with Crippen molar-refractivity contribution in [3.8, 4) is 0 Å². The fourth-order valence-corrected chi connectivity index (χ4v) is 4.13. The van der Waals surface area contributed by atoms with Crippen molar-refractivity contribution < 1.29 is 19.4 Å². The highest BCUT2D eigenvalue weighted by Gasteiger charge is 2.71. The van der Waals surface area contributed by atoms with Gasteiger partial charge in [-0.1, -0.05) is 12.2 Å². The Balaban J connectivity index is 1.86. The summed E-state index contributed by atoms with van der Waals surface area (Å²) >= 11 is 5.73. The van der Waals surface area contributed by atoms with Gasteiger partial charge in [-0.05, 0) is 25.7 Å². The summed E-state index contributed by atoms with van der Waals surface area (Å²) in [7, 11) is 0. The van der Waals surface area contributed by atoms with E-state index in [1.165, 1.54) is 0 Å². The van der Waals surface area contributed by atoms with Gasteiger partial charge in [0.25, 0.3) is 0 Å². The molecule has 0 aromatic carbocycles. The van der Waals surface area contributed by atoms with E-state index in [2.05, 4.69) is 0 Å². The molecule has 0 amide bonds. The first kappa shape index (κ1) is 14.1.